The Labute approximate surface area is 146 Å². The molecule has 0 fully saturated rings. The number of benzene rings is 2. The number of rotatable bonds is 4. The molecule has 0 aliphatic carbocycles. The number of amides is 1. The van der Waals surface area contributed by atoms with Gasteiger partial charge in [-0.2, -0.15) is 0 Å². The lowest BCUT2D eigenvalue weighted by Gasteiger charge is -2.26. The summed E-state index contributed by atoms with van der Waals surface area (Å²) in [6, 6.07) is 13.3. The van der Waals surface area contributed by atoms with Crippen molar-refractivity contribution in [3.8, 4) is 11.5 Å². The molecule has 0 saturated carbocycles. The number of carbonyl (C=O) groups is 1. The maximum absolute atomic E-state index is 12.4. The molecule has 2 atom stereocenters. The molecule has 2 aromatic carbocycles. The number of sulfone groups is 1. The number of para-hydroxylation sites is 2. The molecule has 0 saturated heterocycles. The minimum absolute atomic E-state index is 0.141. The van der Waals surface area contributed by atoms with Gasteiger partial charge in [-0.25, -0.2) is 8.42 Å². The van der Waals surface area contributed by atoms with Gasteiger partial charge in [0.2, 0.25) is 6.10 Å². The first-order valence-corrected chi connectivity index (χ1v) is 9.72. The zero-order chi connectivity index (χ0) is 18.0. The summed E-state index contributed by atoms with van der Waals surface area (Å²) in [5.74, 6) is 0.879. The smallest absolute Gasteiger partial charge is 0.265 e. The number of fused-ring (bicyclic) bond motifs is 1. The van der Waals surface area contributed by atoms with E-state index in [2.05, 4.69) is 5.32 Å². The Kier molecular flexibility index (Phi) is 4.67. The third-order valence-electron chi connectivity index (χ3n) is 3.97. The third kappa shape index (κ3) is 3.93. The van der Waals surface area contributed by atoms with Crippen LogP contribution in [0.4, 0.5) is 0 Å². The highest BCUT2D eigenvalue weighted by Gasteiger charge is 2.28. The maximum atomic E-state index is 12.4. The van der Waals surface area contributed by atoms with E-state index in [1.807, 2.05) is 19.1 Å². The summed E-state index contributed by atoms with van der Waals surface area (Å²) in [7, 11) is -3.24. The number of carbonyl (C=O) groups excluding carboxylic acids is 1. The molecule has 0 bridgehead atoms. The molecule has 1 aliphatic heterocycles. The molecule has 1 heterocycles. The second-order valence-corrected chi connectivity index (χ2v) is 7.95. The van der Waals surface area contributed by atoms with Gasteiger partial charge in [-0.05, 0) is 36.8 Å². The zero-order valence-electron chi connectivity index (χ0n) is 13.9. The summed E-state index contributed by atoms with van der Waals surface area (Å²) in [4.78, 5) is 12.7. The van der Waals surface area contributed by atoms with E-state index in [1.54, 1.807) is 24.3 Å². The summed E-state index contributed by atoms with van der Waals surface area (Å²) in [5, 5.41) is 2.86. The summed E-state index contributed by atoms with van der Waals surface area (Å²) < 4.78 is 34.2. The van der Waals surface area contributed by atoms with Crippen LogP contribution in [0.25, 0.3) is 0 Å². The standard InChI is InChI=1S/C18H19NO5S/c1-12(13-7-9-14(10-8-13)25(2,21)22)19-18(20)17-11-23-15-5-3-4-6-16(15)24-17/h3-10,12,17H,11H2,1-2H3,(H,19,20)/t12-,17+/m0/s1. The highest BCUT2D eigenvalue weighted by molar-refractivity contribution is 7.90. The molecule has 0 unspecified atom stereocenters. The topological polar surface area (TPSA) is 81.7 Å². The van der Waals surface area contributed by atoms with Crippen LogP contribution in [0, 0.1) is 0 Å². The molecule has 1 N–H and O–H groups in total. The molecule has 0 aromatic heterocycles. The Morgan fingerprint density at radius 3 is 2.40 bits per heavy atom. The molecule has 132 valence electrons. The van der Waals surface area contributed by atoms with Gasteiger partial charge in [0.05, 0.1) is 10.9 Å². The van der Waals surface area contributed by atoms with Gasteiger partial charge in [0.15, 0.2) is 21.3 Å². The van der Waals surface area contributed by atoms with E-state index in [0.29, 0.717) is 11.5 Å². The highest BCUT2D eigenvalue weighted by Crippen LogP contribution is 2.31. The van der Waals surface area contributed by atoms with Crippen molar-refractivity contribution < 1.29 is 22.7 Å². The molecular formula is C18H19NO5S. The predicted molar refractivity (Wildman–Crippen MR) is 92.5 cm³/mol. The lowest BCUT2D eigenvalue weighted by Crippen LogP contribution is -2.44. The van der Waals surface area contributed by atoms with E-state index >= 15 is 0 Å². The van der Waals surface area contributed by atoms with Crippen LogP contribution in [0.3, 0.4) is 0 Å². The number of ether oxygens (including phenoxy) is 2. The number of hydrogen-bond donors (Lipinski definition) is 1. The maximum Gasteiger partial charge on any atom is 0.265 e. The van der Waals surface area contributed by atoms with Crippen LogP contribution < -0.4 is 14.8 Å². The van der Waals surface area contributed by atoms with E-state index in [0.717, 1.165) is 11.8 Å². The third-order valence-corrected chi connectivity index (χ3v) is 5.10. The Balaban J connectivity index is 1.65. The molecule has 6 nitrogen and oxygen atoms in total. The normalized spacial score (nSPS) is 17.6. The second-order valence-electron chi connectivity index (χ2n) is 5.94. The van der Waals surface area contributed by atoms with Crippen LogP contribution in [0.15, 0.2) is 53.4 Å². The van der Waals surface area contributed by atoms with Crippen molar-refractivity contribution in [1.29, 1.82) is 0 Å². The fourth-order valence-electron chi connectivity index (χ4n) is 2.54. The lowest BCUT2D eigenvalue weighted by atomic mass is 10.1. The average Bonchev–Trinajstić information content (AvgIpc) is 2.60. The van der Waals surface area contributed by atoms with Crippen LogP contribution in [0.1, 0.15) is 18.5 Å². The van der Waals surface area contributed by atoms with Gasteiger partial charge >= 0.3 is 0 Å². The fourth-order valence-corrected chi connectivity index (χ4v) is 3.17. The molecule has 2 aromatic rings. The molecule has 1 aliphatic rings. The van der Waals surface area contributed by atoms with E-state index in [1.165, 1.54) is 12.1 Å². The van der Waals surface area contributed by atoms with E-state index in [4.69, 9.17) is 9.47 Å². The van der Waals surface area contributed by atoms with Crippen LogP contribution in [0.5, 0.6) is 11.5 Å². The van der Waals surface area contributed by atoms with Crippen molar-refractivity contribution in [3.05, 3.63) is 54.1 Å². The fraction of sp³-hybridized carbons (Fsp3) is 0.278. The number of hydrogen-bond acceptors (Lipinski definition) is 5. The Morgan fingerprint density at radius 2 is 1.76 bits per heavy atom. The molecule has 0 spiro atoms. The minimum atomic E-state index is -3.24. The highest BCUT2D eigenvalue weighted by atomic mass is 32.2. The van der Waals surface area contributed by atoms with Crippen molar-refractivity contribution in [2.75, 3.05) is 12.9 Å². The van der Waals surface area contributed by atoms with Crippen LogP contribution >= 0.6 is 0 Å². The Hall–Kier alpha value is -2.54. The van der Waals surface area contributed by atoms with Gasteiger partial charge < -0.3 is 14.8 Å². The van der Waals surface area contributed by atoms with Gasteiger partial charge in [-0.15, -0.1) is 0 Å². The zero-order valence-corrected chi connectivity index (χ0v) is 14.7. The van der Waals surface area contributed by atoms with Crippen molar-refractivity contribution in [1.82, 2.24) is 5.32 Å². The van der Waals surface area contributed by atoms with Crippen LogP contribution in [-0.2, 0) is 14.6 Å². The van der Waals surface area contributed by atoms with Gasteiger partial charge in [-0.3, -0.25) is 4.79 Å². The first-order valence-electron chi connectivity index (χ1n) is 7.83. The second kappa shape index (κ2) is 6.76. The quantitative estimate of drug-likeness (QED) is 0.902. The first kappa shape index (κ1) is 17.3. The summed E-state index contributed by atoms with van der Waals surface area (Å²) in [6.45, 7) is 1.97. The van der Waals surface area contributed by atoms with Gasteiger partial charge in [0.25, 0.3) is 5.91 Å². The minimum Gasteiger partial charge on any atom is -0.485 e. The predicted octanol–water partition coefficient (Wildman–Crippen LogP) is 2.11. The van der Waals surface area contributed by atoms with E-state index in [9.17, 15) is 13.2 Å². The largest absolute Gasteiger partial charge is 0.485 e. The molecular weight excluding hydrogens is 342 g/mol. The average molecular weight is 361 g/mol. The molecule has 3 rings (SSSR count). The Bertz CT molecular complexity index is 877. The monoisotopic (exact) mass is 361 g/mol. The summed E-state index contributed by atoms with van der Waals surface area (Å²) in [6.07, 6.45) is 0.429. The SMILES string of the molecule is C[C@H](NC(=O)[C@H]1COc2ccccc2O1)c1ccc(S(C)(=O)=O)cc1. The molecule has 25 heavy (non-hydrogen) atoms. The van der Waals surface area contributed by atoms with Gasteiger partial charge in [0.1, 0.15) is 6.61 Å². The van der Waals surface area contributed by atoms with Crippen LogP contribution in [0.2, 0.25) is 0 Å². The van der Waals surface area contributed by atoms with E-state index in [-0.39, 0.29) is 23.5 Å². The number of nitrogens with one attached hydrogen (secondary N) is 1. The van der Waals surface area contributed by atoms with Crippen molar-refractivity contribution >= 4 is 15.7 Å². The molecule has 7 heteroatoms. The van der Waals surface area contributed by atoms with Crippen molar-refractivity contribution in [3.63, 3.8) is 0 Å². The van der Waals surface area contributed by atoms with Crippen LogP contribution in [-0.4, -0.2) is 33.3 Å². The molecule has 0 radical (unpaired) electrons. The van der Waals surface area contributed by atoms with Crippen molar-refractivity contribution in [2.24, 2.45) is 0 Å². The van der Waals surface area contributed by atoms with E-state index < -0.39 is 15.9 Å². The van der Waals surface area contributed by atoms with Gasteiger partial charge in [-0.1, -0.05) is 24.3 Å². The Morgan fingerprint density at radius 1 is 1.12 bits per heavy atom. The summed E-state index contributed by atoms with van der Waals surface area (Å²) >= 11 is 0. The first-order chi connectivity index (χ1) is 11.8. The van der Waals surface area contributed by atoms with Crippen molar-refractivity contribution in [2.45, 2.75) is 24.0 Å². The van der Waals surface area contributed by atoms with Gasteiger partial charge in [0, 0.05) is 6.26 Å². The molecule has 1 amide bonds. The summed E-state index contributed by atoms with van der Waals surface area (Å²) in [5.41, 5.74) is 0.804. The lowest BCUT2D eigenvalue weighted by molar-refractivity contribution is -0.131.